The van der Waals surface area contributed by atoms with E-state index in [-0.39, 0.29) is 10.6 Å². The predicted molar refractivity (Wildman–Crippen MR) is 97.9 cm³/mol. The fourth-order valence-electron chi connectivity index (χ4n) is 2.56. The van der Waals surface area contributed by atoms with Gasteiger partial charge in [-0.25, -0.2) is 13.1 Å². The molecule has 5 nitrogen and oxygen atoms in total. The first-order valence-corrected chi connectivity index (χ1v) is 9.70. The molecule has 0 unspecified atom stereocenters. The van der Waals surface area contributed by atoms with Crippen molar-refractivity contribution < 1.29 is 13.5 Å². The van der Waals surface area contributed by atoms with Crippen LogP contribution in [0.25, 0.3) is 16.9 Å². The van der Waals surface area contributed by atoms with Crippen molar-refractivity contribution in [2.45, 2.75) is 11.8 Å². The van der Waals surface area contributed by atoms with E-state index < -0.39 is 16.4 Å². The van der Waals surface area contributed by atoms with Crippen LogP contribution in [0.15, 0.2) is 59.6 Å². The first-order chi connectivity index (χ1) is 11.9. The summed E-state index contributed by atoms with van der Waals surface area (Å²) in [6.45, 7) is 1.53. The van der Waals surface area contributed by atoms with Crippen molar-refractivity contribution in [2.75, 3.05) is 12.4 Å². The van der Waals surface area contributed by atoms with Crippen LogP contribution in [-0.2, 0) is 9.84 Å². The highest BCUT2D eigenvalue weighted by atomic mass is 35.5. The molecule has 0 aliphatic carbocycles. The van der Waals surface area contributed by atoms with Crippen molar-refractivity contribution in [2.24, 2.45) is 0 Å². The second-order valence-corrected chi connectivity index (χ2v) is 8.14. The van der Waals surface area contributed by atoms with Crippen molar-refractivity contribution in [3.8, 4) is 16.9 Å². The summed E-state index contributed by atoms with van der Waals surface area (Å²) in [5, 5.41) is 13.9. The Labute approximate surface area is 151 Å². The number of rotatable bonds is 5. The van der Waals surface area contributed by atoms with Gasteiger partial charge in [0.25, 0.3) is 0 Å². The Balaban J connectivity index is 1.99. The second-order valence-electron chi connectivity index (χ2n) is 5.63. The van der Waals surface area contributed by atoms with E-state index in [1.165, 1.54) is 0 Å². The number of benzene rings is 2. The minimum atomic E-state index is -3.46. The van der Waals surface area contributed by atoms with Crippen LogP contribution in [0.1, 0.15) is 5.56 Å². The highest BCUT2D eigenvalue weighted by molar-refractivity contribution is 7.91. The molecule has 0 saturated heterocycles. The molecule has 7 heteroatoms. The van der Waals surface area contributed by atoms with Crippen LogP contribution >= 0.6 is 11.6 Å². The Morgan fingerprint density at radius 3 is 2.48 bits per heavy atom. The first-order valence-electron chi connectivity index (χ1n) is 7.67. The van der Waals surface area contributed by atoms with E-state index in [9.17, 15) is 8.42 Å². The number of aliphatic hydroxyl groups excluding tert-OH is 1. The largest absolute Gasteiger partial charge is 0.395 e. The Hall–Kier alpha value is -2.15. The average molecular weight is 377 g/mol. The van der Waals surface area contributed by atoms with E-state index in [0.29, 0.717) is 5.02 Å². The monoisotopic (exact) mass is 376 g/mol. The summed E-state index contributed by atoms with van der Waals surface area (Å²) in [7, 11) is -3.46. The second kappa shape index (κ2) is 7.00. The van der Waals surface area contributed by atoms with Crippen molar-refractivity contribution in [1.82, 2.24) is 9.78 Å². The maximum absolute atomic E-state index is 12.0. The molecule has 0 spiro atoms. The lowest BCUT2D eigenvalue weighted by Gasteiger charge is -2.10. The summed E-state index contributed by atoms with van der Waals surface area (Å²) in [5.41, 5.74) is 3.51. The minimum Gasteiger partial charge on any atom is -0.395 e. The fourth-order valence-corrected chi connectivity index (χ4v) is 3.70. The third-order valence-corrected chi connectivity index (χ3v) is 6.03. The number of sulfone groups is 1. The van der Waals surface area contributed by atoms with Crippen LogP contribution in [-0.4, -0.2) is 35.7 Å². The molecule has 0 fully saturated rings. The van der Waals surface area contributed by atoms with Gasteiger partial charge < -0.3 is 5.11 Å². The maximum atomic E-state index is 12.0. The van der Waals surface area contributed by atoms with E-state index >= 15 is 0 Å². The highest BCUT2D eigenvalue weighted by Gasteiger charge is 2.14. The summed E-state index contributed by atoms with van der Waals surface area (Å²) in [6.07, 6.45) is 1.69. The molecule has 0 aliphatic heterocycles. The predicted octanol–water partition coefficient (Wildman–Crippen LogP) is 3.27. The van der Waals surface area contributed by atoms with Crippen LogP contribution in [0.5, 0.6) is 0 Å². The number of aromatic nitrogens is 2. The van der Waals surface area contributed by atoms with Crippen molar-refractivity contribution >= 4 is 21.4 Å². The number of aliphatic hydroxyl groups is 1. The van der Waals surface area contributed by atoms with Gasteiger partial charge in [0.05, 0.1) is 34.8 Å². The topological polar surface area (TPSA) is 72.2 Å². The van der Waals surface area contributed by atoms with Gasteiger partial charge in [0, 0.05) is 10.6 Å². The smallest absolute Gasteiger partial charge is 0.180 e. The lowest BCUT2D eigenvalue weighted by atomic mass is 10.1. The molecule has 1 aromatic heterocycles. The van der Waals surface area contributed by atoms with Gasteiger partial charge in [0.1, 0.15) is 0 Å². The third kappa shape index (κ3) is 3.61. The molecule has 1 heterocycles. The van der Waals surface area contributed by atoms with Gasteiger partial charge in [-0.2, -0.15) is 5.10 Å². The zero-order valence-electron chi connectivity index (χ0n) is 13.6. The van der Waals surface area contributed by atoms with Gasteiger partial charge in [-0.15, -0.1) is 0 Å². The number of hydrogen-bond donors (Lipinski definition) is 1. The molecule has 130 valence electrons. The van der Waals surface area contributed by atoms with Crippen LogP contribution in [0.3, 0.4) is 0 Å². The molecular formula is C18H17ClN2O3S. The van der Waals surface area contributed by atoms with Gasteiger partial charge in [0.15, 0.2) is 9.84 Å². The van der Waals surface area contributed by atoms with Crippen molar-refractivity contribution in [3.63, 3.8) is 0 Å². The summed E-state index contributed by atoms with van der Waals surface area (Å²) in [6, 6.07) is 14.1. The van der Waals surface area contributed by atoms with Crippen LogP contribution in [0, 0.1) is 6.92 Å². The molecule has 0 amide bonds. The van der Waals surface area contributed by atoms with Crippen molar-refractivity contribution in [3.05, 3.63) is 65.3 Å². The standard InChI is InChI=1S/C18H17ClN2O3S/c1-13-12-15(4-7-17(13)19)21-18(8-9-20-21)14-2-5-16(6-3-14)25(23,24)11-10-22/h2-9,12,22H,10-11H2,1H3. The Bertz CT molecular complexity index is 995. The van der Waals surface area contributed by atoms with Crippen LogP contribution < -0.4 is 0 Å². The normalized spacial score (nSPS) is 11.6. The van der Waals surface area contributed by atoms with E-state index in [2.05, 4.69) is 5.10 Å². The molecule has 0 atom stereocenters. The summed E-state index contributed by atoms with van der Waals surface area (Å²) in [5.74, 6) is -0.283. The van der Waals surface area contributed by atoms with E-state index in [0.717, 1.165) is 22.5 Å². The van der Waals surface area contributed by atoms with Crippen LogP contribution in [0.4, 0.5) is 0 Å². The van der Waals surface area contributed by atoms with Gasteiger partial charge in [-0.1, -0.05) is 23.7 Å². The van der Waals surface area contributed by atoms with Gasteiger partial charge in [-0.05, 0) is 48.9 Å². The molecule has 0 saturated carbocycles. The Morgan fingerprint density at radius 2 is 1.84 bits per heavy atom. The van der Waals surface area contributed by atoms with Crippen molar-refractivity contribution in [1.29, 1.82) is 0 Å². The lowest BCUT2D eigenvalue weighted by Crippen LogP contribution is -2.09. The third-order valence-electron chi connectivity index (χ3n) is 3.90. The molecular weight excluding hydrogens is 360 g/mol. The number of nitrogens with zero attached hydrogens (tertiary/aromatic N) is 2. The van der Waals surface area contributed by atoms with E-state index in [1.807, 2.05) is 31.2 Å². The van der Waals surface area contributed by atoms with Gasteiger partial charge in [0.2, 0.25) is 0 Å². The highest BCUT2D eigenvalue weighted by Crippen LogP contribution is 2.26. The number of hydrogen-bond acceptors (Lipinski definition) is 4. The average Bonchev–Trinajstić information content (AvgIpc) is 3.07. The summed E-state index contributed by atoms with van der Waals surface area (Å²) in [4.78, 5) is 0.193. The van der Waals surface area contributed by atoms with E-state index in [1.54, 1.807) is 35.1 Å². The summed E-state index contributed by atoms with van der Waals surface area (Å²) >= 11 is 6.08. The Kier molecular flexibility index (Phi) is 4.94. The molecule has 0 aliphatic rings. The zero-order chi connectivity index (χ0) is 18.0. The molecule has 0 radical (unpaired) electrons. The maximum Gasteiger partial charge on any atom is 0.180 e. The van der Waals surface area contributed by atoms with Gasteiger partial charge >= 0.3 is 0 Å². The molecule has 2 aromatic carbocycles. The Morgan fingerprint density at radius 1 is 1.12 bits per heavy atom. The van der Waals surface area contributed by atoms with E-state index in [4.69, 9.17) is 16.7 Å². The molecule has 1 N–H and O–H groups in total. The number of halogens is 1. The molecule has 0 bridgehead atoms. The summed E-state index contributed by atoms with van der Waals surface area (Å²) < 4.78 is 25.8. The lowest BCUT2D eigenvalue weighted by molar-refractivity contribution is 0.319. The van der Waals surface area contributed by atoms with Crippen LogP contribution in [0.2, 0.25) is 5.02 Å². The molecule has 3 rings (SSSR count). The minimum absolute atomic E-state index is 0.193. The quantitative estimate of drug-likeness (QED) is 0.741. The SMILES string of the molecule is Cc1cc(-n2nccc2-c2ccc(S(=O)(=O)CCO)cc2)ccc1Cl. The van der Waals surface area contributed by atoms with Gasteiger partial charge in [-0.3, -0.25) is 0 Å². The molecule has 3 aromatic rings. The number of aryl methyl sites for hydroxylation is 1. The fraction of sp³-hybridized carbons (Fsp3) is 0.167. The molecule has 25 heavy (non-hydrogen) atoms. The zero-order valence-corrected chi connectivity index (χ0v) is 15.1. The first kappa shape index (κ1) is 17.7.